The lowest BCUT2D eigenvalue weighted by atomic mass is 10.0. The zero-order chi connectivity index (χ0) is 14.5. The van der Waals surface area contributed by atoms with Crippen LogP contribution in [0.5, 0.6) is 0 Å². The largest absolute Gasteiger partial charge is 0.388 e. The van der Waals surface area contributed by atoms with Gasteiger partial charge in [-0.3, -0.25) is 0 Å². The standard InChI is InChI=1S/C19H23NO/c21-19(12-6-7-13-19)15-20-18-11-5-4-10-17(18)14-16-8-2-1-3-9-16/h1-5,8-11,20-21H,6-7,12-15H2. The highest BCUT2D eigenvalue weighted by Gasteiger charge is 2.30. The lowest BCUT2D eigenvalue weighted by molar-refractivity contribution is 0.0614. The van der Waals surface area contributed by atoms with Crippen molar-refractivity contribution in [3.63, 3.8) is 0 Å². The van der Waals surface area contributed by atoms with E-state index in [1.165, 1.54) is 11.1 Å². The molecule has 2 heteroatoms. The number of rotatable bonds is 5. The van der Waals surface area contributed by atoms with Crippen LogP contribution in [0.3, 0.4) is 0 Å². The van der Waals surface area contributed by atoms with Crippen LogP contribution in [0.4, 0.5) is 5.69 Å². The van der Waals surface area contributed by atoms with Crippen molar-refractivity contribution < 1.29 is 5.11 Å². The fourth-order valence-corrected chi connectivity index (χ4v) is 3.13. The average Bonchev–Trinajstić information content (AvgIpc) is 2.95. The molecule has 0 atom stereocenters. The van der Waals surface area contributed by atoms with Crippen molar-refractivity contribution in [3.05, 3.63) is 65.7 Å². The Labute approximate surface area is 126 Å². The Morgan fingerprint density at radius 1 is 0.905 bits per heavy atom. The van der Waals surface area contributed by atoms with Crippen molar-refractivity contribution in [2.75, 3.05) is 11.9 Å². The van der Waals surface area contributed by atoms with Crippen LogP contribution in [-0.4, -0.2) is 17.3 Å². The summed E-state index contributed by atoms with van der Waals surface area (Å²) < 4.78 is 0. The van der Waals surface area contributed by atoms with E-state index in [-0.39, 0.29) is 0 Å². The van der Waals surface area contributed by atoms with Gasteiger partial charge in [0.25, 0.3) is 0 Å². The summed E-state index contributed by atoms with van der Waals surface area (Å²) in [5.41, 5.74) is 3.22. The van der Waals surface area contributed by atoms with E-state index in [2.05, 4.69) is 53.8 Å². The highest BCUT2D eigenvalue weighted by Crippen LogP contribution is 2.30. The Balaban J connectivity index is 1.70. The van der Waals surface area contributed by atoms with Gasteiger partial charge in [0.1, 0.15) is 0 Å². The van der Waals surface area contributed by atoms with Gasteiger partial charge >= 0.3 is 0 Å². The van der Waals surface area contributed by atoms with Crippen molar-refractivity contribution in [2.24, 2.45) is 0 Å². The third-order valence-corrected chi connectivity index (χ3v) is 4.40. The molecule has 0 aliphatic heterocycles. The molecule has 0 bridgehead atoms. The first kappa shape index (κ1) is 14.2. The lowest BCUT2D eigenvalue weighted by Crippen LogP contribution is -2.33. The lowest BCUT2D eigenvalue weighted by Gasteiger charge is -2.24. The summed E-state index contributed by atoms with van der Waals surface area (Å²) in [6, 6.07) is 18.9. The SMILES string of the molecule is OC1(CNc2ccccc2Cc2ccccc2)CCCC1. The molecule has 2 aromatic carbocycles. The summed E-state index contributed by atoms with van der Waals surface area (Å²) in [5, 5.41) is 13.9. The molecular formula is C19H23NO. The third kappa shape index (κ3) is 3.64. The van der Waals surface area contributed by atoms with E-state index >= 15 is 0 Å². The highest BCUT2D eigenvalue weighted by molar-refractivity contribution is 5.53. The Morgan fingerprint density at radius 2 is 1.57 bits per heavy atom. The van der Waals surface area contributed by atoms with Gasteiger partial charge in [-0.15, -0.1) is 0 Å². The molecule has 2 aromatic rings. The third-order valence-electron chi connectivity index (χ3n) is 4.40. The second kappa shape index (κ2) is 6.31. The summed E-state index contributed by atoms with van der Waals surface area (Å²) in [7, 11) is 0. The minimum atomic E-state index is -0.514. The van der Waals surface area contributed by atoms with Crippen LogP contribution < -0.4 is 5.32 Å². The molecular weight excluding hydrogens is 258 g/mol. The minimum Gasteiger partial charge on any atom is -0.388 e. The molecule has 3 rings (SSSR count). The summed E-state index contributed by atoms with van der Waals surface area (Å²) in [4.78, 5) is 0. The summed E-state index contributed by atoms with van der Waals surface area (Å²) in [6.07, 6.45) is 5.04. The molecule has 2 N–H and O–H groups in total. The summed E-state index contributed by atoms with van der Waals surface area (Å²) >= 11 is 0. The molecule has 1 fully saturated rings. The normalized spacial score (nSPS) is 16.8. The maximum absolute atomic E-state index is 10.5. The quantitative estimate of drug-likeness (QED) is 0.868. The van der Waals surface area contributed by atoms with Crippen molar-refractivity contribution in [3.8, 4) is 0 Å². The predicted molar refractivity (Wildman–Crippen MR) is 87.6 cm³/mol. The van der Waals surface area contributed by atoms with E-state index in [0.717, 1.165) is 37.8 Å². The number of benzene rings is 2. The van der Waals surface area contributed by atoms with Gasteiger partial charge in [-0.2, -0.15) is 0 Å². The van der Waals surface area contributed by atoms with Crippen LogP contribution >= 0.6 is 0 Å². The predicted octanol–water partition coefficient (Wildman–Crippen LogP) is 3.99. The first-order chi connectivity index (χ1) is 10.3. The molecule has 2 nitrogen and oxygen atoms in total. The van der Waals surface area contributed by atoms with Gasteiger partial charge in [0.05, 0.1) is 5.60 Å². The molecule has 110 valence electrons. The summed E-state index contributed by atoms with van der Waals surface area (Å²) in [6.45, 7) is 0.652. The second-order valence-electron chi connectivity index (χ2n) is 6.10. The van der Waals surface area contributed by atoms with Crippen LogP contribution in [-0.2, 0) is 6.42 Å². The molecule has 0 radical (unpaired) electrons. The van der Waals surface area contributed by atoms with E-state index in [1.807, 2.05) is 6.07 Å². The van der Waals surface area contributed by atoms with Gasteiger partial charge in [0, 0.05) is 12.2 Å². The molecule has 0 amide bonds. The number of para-hydroxylation sites is 1. The molecule has 21 heavy (non-hydrogen) atoms. The average molecular weight is 281 g/mol. The Bertz CT molecular complexity index is 573. The van der Waals surface area contributed by atoms with Crippen LogP contribution in [0, 0.1) is 0 Å². The van der Waals surface area contributed by atoms with Crippen LogP contribution in [0.25, 0.3) is 0 Å². The number of anilines is 1. The number of nitrogens with one attached hydrogen (secondary N) is 1. The fraction of sp³-hybridized carbons (Fsp3) is 0.368. The van der Waals surface area contributed by atoms with Crippen molar-refractivity contribution in [1.82, 2.24) is 0 Å². The Morgan fingerprint density at radius 3 is 2.33 bits per heavy atom. The first-order valence-corrected chi connectivity index (χ1v) is 7.83. The van der Waals surface area contributed by atoms with Crippen molar-refractivity contribution >= 4 is 5.69 Å². The van der Waals surface area contributed by atoms with Crippen LogP contribution in [0.1, 0.15) is 36.8 Å². The molecule has 0 heterocycles. The molecule has 1 aliphatic rings. The van der Waals surface area contributed by atoms with Gasteiger partial charge in [-0.05, 0) is 36.5 Å². The van der Waals surface area contributed by atoms with Crippen molar-refractivity contribution in [1.29, 1.82) is 0 Å². The van der Waals surface area contributed by atoms with E-state index in [0.29, 0.717) is 6.54 Å². The zero-order valence-electron chi connectivity index (χ0n) is 12.4. The molecule has 0 saturated heterocycles. The van der Waals surface area contributed by atoms with Gasteiger partial charge in [0.2, 0.25) is 0 Å². The number of hydrogen-bond acceptors (Lipinski definition) is 2. The van der Waals surface area contributed by atoms with Crippen LogP contribution in [0.2, 0.25) is 0 Å². The molecule has 1 aliphatic carbocycles. The Kier molecular flexibility index (Phi) is 4.26. The minimum absolute atomic E-state index is 0.514. The number of hydrogen-bond donors (Lipinski definition) is 2. The highest BCUT2D eigenvalue weighted by atomic mass is 16.3. The fourth-order valence-electron chi connectivity index (χ4n) is 3.13. The van der Waals surface area contributed by atoms with Gasteiger partial charge in [-0.25, -0.2) is 0 Å². The molecule has 0 unspecified atom stereocenters. The molecule has 0 aromatic heterocycles. The maximum atomic E-state index is 10.5. The Hall–Kier alpha value is -1.80. The van der Waals surface area contributed by atoms with E-state index in [9.17, 15) is 5.11 Å². The van der Waals surface area contributed by atoms with Gasteiger partial charge in [-0.1, -0.05) is 61.4 Å². The zero-order valence-corrected chi connectivity index (χ0v) is 12.4. The van der Waals surface area contributed by atoms with E-state index in [1.54, 1.807) is 0 Å². The topological polar surface area (TPSA) is 32.3 Å². The van der Waals surface area contributed by atoms with Gasteiger partial charge < -0.3 is 10.4 Å². The van der Waals surface area contributed by atoms with E-state index in [4.69, 9.17) is 0 Å². The van der Waals surface area contributed by atoms with Crippen LogP contribution in [0.15, 0.2) is 54.6 Å². The smallest absolute Gasteiger partial charge is 0.0819 e. The van der Waals surface area contributed by atoms with Gasteiger partial charge in [0.15, 0.2) is 0 Å². The first-order valence-electron chi connectivity index (χ1n) is 7.83. The summed E-state index contributed by atoms with van der Waals surface area (Å²) in [5.74, 6) is 0. The molecule has 1 saturated carbocycles. The van der Waals surface area contributed by atoms with Crippen molar-refractivity contribution in [2.45, 2.75) is 37.7 Å². The second-order valence-corrected chi connectivity index (χ2v) is 6.10. The maximum Gasteiger partial charge on any atom is 0.0819 e. The monoisotopic (exact) mass is 281 g/mol. The van der Waals surface area contributed by atoms with E-state index < -0.39 is 5.60 Å². The molecule has 0 spiro atoms. The number of aliphatic hydroxyl groups is 1.